The van der Waals surface area contributed by atoms with E-state index in [9.17, 15) is 0 Å². The molecule has 0 bridgehead atoms. The Labute approximate surface area is 259 Å². The fraction of sp³-hybridized carbons (Fsp3) is 0.143. The summed E-state index contributed by atoms with van der Waals surface area (Å²) in [5.74, 6) is 0. The van der Waals surface area contributed by atoms with E-state index in [1.54, 1.807) is 0 Å². The summed E-state index contributed by atoms with van der Waals surface area (Å²) in [5.41, 5.74) is 13.5. The Hall–Kier alpha value is -5.08. The lowest BCUT2D eigenvalue weighted by atomic mass is 9.54. The molecule has 1 aliphatic rings. The molecule has 0 unspecified atom stereocenters. The standard InChI is InChI=1S/C42H34N2/c1-41(2)35-24-22-30(26-34(35)33-21-13-20-31(37(33)42(41,3)4)27-14-7-5-8-15-27)39-38(29-17-9-6-10-18-29)43-36-25-23-28-16-11-12-19-32(28)40(36)44-39/h5-26H,1-4H3. The van der Waals surface area contributed by atoms with E-state index >= 15 is 0 Å². The molecule has 7 aromatic rings. The van der Waals surface area contributed by atoms with Gasteiger partial charge < -0.3 is 0 Å². The molecule has 0 aliphatic heterocycles. The number of benzene rings is 6. The Balaban J connectivity index is 1.43. The molecule has 2 nitrogen and oxygen atoms in total. The Kier molecular flexibility index (Phi) is 5.86. The quantitative estimate of drug-likeness (QED) is 0.199. The van der Waals surface area contributed by atoms with E-state index in [-0.39, 0.29) is 10.8 Å². The average Bonchev–Trinajstić information content (AvgIpc) is 3.07. The highest BCUT2D eigenvalue weighted by molar-refractivity contribution is 6.05. The van der Waals surface area contributed by atoms with Crippen molar-refractivity contribution in [1.82, 2.24) is 9.97 Å². The highest BCUT2D eigenvalue weighted by Gasteiger charge is 2.47. The molecule has 0 fully saturated rings. The molecule has 0 saturated carbocycles. The smallest absolute Gasteiger partial charge is 0.0973 e. The first-order chi connectivity index (χ1) is 21.3. The highest BCUT2D eigenvalue weighted by atomic mass is 14.8. The normalized spacial score (nSPS) is 14.7. The topological polar surface area (TPSA) is 25.8 Å². The molecular formula is C42H34N2. The Morgan fingerprint density at radius 3 is 1.89 bits per heavy atom. The minimum absolute atomic E-state index is 0.0971. The fourth-order valence-corrected chi connectivity index (χ4v) is 7.21. The third kappa shape index (κ3) is 3.87. The van der Waals surface area contributed by atoms with Crippen LogP contribution >= 0.6 is 0 Å². The van der Waals surface area contributed by atoms with E-state index in [1.807, 2.05) is 0 Å². The van der Waals surface area contributed by atoms with E-state index < -0.39 is 0 Å². The van der Waals surface area contributed by atoms with Gasteiger partial charge in [0.25, 0.3) is 0 Å². The molecule has 0 N–H and O–H groups in total. The van der Waals surface area contributed by atoms with E-state index in [1.165, 1.54) is 38.8 Å². The largest absolute Gasteiger partial charge is 0.244 e. The van der Waals surface area contributed by atoms with Gasteiger partial charge in [0.2, 0.25) is 0 Å². The van der Waals surface area contributed by atoms with E-state index in [0.717, 1.165) is 38.9 Å². The Morgan fingerprint density at radius 1 is 0.455 bits per heavy atom. The zero-order valence-corrected chi connectivity index (χ0v) is 25.6. The maximum atomic E-state index is 5.42. The zero-order valence-electron chi connectivity index (χ0n) is 25.6. The molecular weight excluding hydrogens is 532 g/mol. The molecule has 44 heavy (non-hydrogen) atoms. The number of hydrogen-bond donors (Lipinski definition) is 0. The summed E-state index contributed by atoms with van der Waals surface area (Å²) >= 11 is 0. The van der Waals surface area contributed by atoms with Crippen molar-refractivity contribution in [3.05, 3.63) is 145 Å². The van der Waals surface area contributed by atoms with Gasteiger partial charge in [0.1, 0.15) is 0 Å². The lowest BCUT2D eigenvalue weighted by Gasteiger charge is -2.49. The van der Waals surface area contributed by atoms with Crippen LogP contribution < -0.4 is 0 Å². The maximum Gasteiger partial charge on any atom is 0.0973 e. The molecule has 2 heteroatoms. The number of fused-ring (bicyclic) bond motifs is 6. The summed E-state index contributed by atoms with van der Waals surface area (Å²) in [5, 5.41) is 2.29. The number of rotatable bonds is 3. The molecule has 212 valence electrons. The lowest BCUT2D eigenvalue weighted by molar-refractivity contribution is 0.300. The first kappa shape index (κ1) is 26.5. The summed E-state index contributed by atoms with van der Waals surface area (Å²) in [6.07, 6.45) is 0. The predicted molar refractivity (Wildman–Crippen MR) is 185 cm³/mol. The summed E-state index contributed by atoms with van der Waals surface area (Å²) in [6, 6.07) is 47.7. The third-order valence-corrected chi connectivity index (χ3v) is 10.2. The Bertz CT molecular complexity index is 2210. The molecule has 1 heterocycles. The van der Waals surface area contributed by atoms with Gasteiger partial charge in [-0.15, -0.1) is 0 Å². The average molecular weight is 567 g/mol. The van der Waals surface area contributed by atoms with Gasteiger partial charge in [-0.05, 0) is 56.3 Å². The minimum Gasteiger partial charge on any atom is -0.244 e. The highest BCUT2D eigenvalue weighted by Crippen LogP contribution is 2.56. The summed E-state index contributed by atoms with van der Waals surface area (Å²) in [6.45, 7) is 9.60. The van der Waals surface area contributed by atoms with Crippen LogP contribution in [0.3, 0.4) is 0 Å². The monoisotopic (exact) mass is 566 g/mol. The van der Waals surface area contributed by atoms with Crippen LogP contribution in [0.5, 0.6) is 0 Å². The summed E-state index contributed by atoms with van der Waals surface area (Å²) in [7, 11) is 0. The van der Waals surface area contributed by atoms with Gasteiger partial charge in [0, 0.05) is 21.9 Å². The van der Waals surface area contributed by atoms with Crippen molar-refractivity contribution in [2.75, 3.05) is 0 Å². The van der Waals surface area contributed by atoms with Crippen molar-refractivity contribution in [3.8, 4) is 44.8 Å². The number of nitrogens with zero attached hydrogens (tertiary/aromatic N) is 2. The summed E-state index contributed by atoms with van der Waals surface area (Å²) < 4.78 is 0. The van der Waals surface area contributed by atoms with Crippen LogP contribution in [0.1, 0.15) is 38.8 Å². The van der Waals surface area contributed by atoms with Gasteiger partial charge in [-0.1, -0.05) is 149 Å². The van der Waals surface area contributed by atoms with Crippen LogP contribution in [0.4, 0.5) is 0 Å². The molecule has 8 rings (SSSR count). The summed E-state index contributed by atoms with van der Waals surface area (Å²) in [4.78, 5) is 10.7. The van der Waals surface area contributed by atoms with Crippen LogP contribution in [0.25, 0.3) is 66.6 Å². The van der Waals surface area contributed by atoms with Gasteiger partial charge in [0.05, 0.1) is 22.4 Å². The predicted octanol–water partition coefficient (Wildman–Crippen LogP) is 11.0. The van der Waals surface area contributed by atoms with E-state index in [4.69, 9.17) is 9.97 Å². The molecule has 6 aromatic carbocycles. The first-order valence-corrected chi connectivity index (χ1v) is 15.4. The van der Waals surface area contributed by atoms with Gasteiger partial charge in [0.15, 0.2) is 0 Å². The van der Waals surface area contributed by atoms with Crippen molar-refractivity contribution in [2.24, 2.45) is 0 Å². The van der Waals surface area contributed by atoms with Crippen molar-refractivity contribution >= 4 is 21.8 Å². The third-order valence-electron chi connectivity index (χ3n) is 10.2. The second kappa shape index (κ2) is 9.72. The zero-order chi connectivity index (χ0) is 30.1. The number of hydrogen-bond acceptors (Lipinski definition) is 2. The molecule has 1 aromatic heterocycles. The molecule has 1 aliphatic carbocycles. The van der Waals surface area contributed by atoms with Crippen LogP contribution in [0.15, 0.2) is 133 Å². The van der Waals surface area contributed by atoms with Crippen LogP contribution in [0.2, 0.25) is 0 Å². The second-order valence-electron chi connectivity index (χ2n) is 13.0. The van der Waals surface area contributed by atoms with Gasteiger partial charge in [-0.25, -0.2) is 9.97 Å². The van der Waals surface area contributed by atoms with Crippen LogP contribution in [-0.2, 0) is 10.8 Å². The molecule has 0 spiro atoms. The lowest BCUT2D eigenvalue weighted by Crippen LogP contribution is -2.44. The second-order valence-corrected chi connectivity index (χ2v) is 13.0. The Morgan fingerprint density at radius 2 is 1.11 bits per heavy atom. The number of aromatic nitrogens is 2. The van der Waals surface area contributed by atoms with Crippen molar-refractivity contribution in [2.45, 2.75) is 38.5 Å². The van der Waals surface area contributed by atoms with Gasteiger partial charge in [-0.3, -0.25) is 0 Å². The molecule has 0 radical (unpaired) electrons. The van der Waals surface area contributed by atoms with Crippen molar-refractivity contribution in [1.29, 1.82) is 0 Å². The molecule has 0 saturated heterocycles. The minimum atomic E-state index is -0.105. The van der Waals surface area contributed by atoms with Crippen molar-refractivity contribution in [3.63, 3.8) is 0 Å². The van der Waals surface area contributed by atoms with Gasteiger partial charge in [-0.2, -0.15) is 0 Å². The SMILES string of the molecule is CC1(C)c2ccc(-c3nc4c(ccc5ccccc54)nc3-c3ccccc3)cc2-c2cccc(-c3ccccc3)c2C1(C)C. The van der Waals surface area contributed by atoms with Crippen LogP contribution in [-0.4, -0.2) is 9.97 Å². The van der Waals surface area contributed by atoms with E-state index in [0.29, 0.717) is 0 Å². The fourth-order valence-electron chi connectivity index (χ4n) is 7.21. The van der Waals surface area contributed by atoms with Crippen molar-refractivity contribution < 1.29 is 0 Å². The molecule has 0 atom stereocenters. The van der Waals surface area contributed by atoms with Crippen LogP contribution in [0, 0.1) is 0 Å². The maximum absolute atomic E-state index is 5.42. The van der Waals surface area contributed by atoms with Gasteiger partial charge >= 0.3 is 0 Å². The van der Waals surface area contributed by atoms with E-state index in [2.05, 4.69) is 161 Å². The first-order valence-electron chi connectivity index (χ1n) is 15.4. The molecule has 0 amide bonds.